The van der Waals surface area contributed by atoms with E-state index in [2.05, 4.69) is 51.2 Å². The Kier molecular flexibility index (Phi) is 5.15. The van der Waals surface area contributed by atoms with Crippen LogP contribution in [-0.2, 0) is 11.2 Å². The van der Waals surface area contributed by atoms with Crippen LogP contribution in [0.3, 0.4) is 0 Å². The summed E-state index contributed by atoms with van der Waals surface area (Å²) in [5.41, 5.74) is 9.88. The van der Waals surface area contributed by atoms with Gasteiger partial charge in [-0.2, -0.15) is 0 Å². The fraction of sp³-hybridized carbons (Fsp3) is 0.333. The first-order chi connectivity index (χ1) is 16.5. The largest absolute Gasteiger partial charge is 0.368 e. The third kappa shape index (κ3) is 3.17. The second-order valence-corrected chi connectivity index (χ2v) is 10.4. The van der Waals surface area contributed by atoms with Crippen LogP contribution in [0.4, 0.5) is 0 Å². The van der Waals surface area contributed by atoms with Crippen molar-refractivity contribution in [3.05, 3.63) is 80.7 Å². The standard InChI is InChI=1S/C27H27BrN4O2/c1-16(26(29)33)31-22-7-2-3-8-23(22)32(27(31)34)18-11-13-30(14-12-18)24-15-20-21(28)10-9-17-5-4-6-19(24)25(17)20/h2-10,16,18,24H,11-15H2,1H3,(H2,29,33). The molecule has 6 nitrogen and oxygen atoms in total. The Balaban J connectivity index is 1.30. The molecule has 1 amide bonds. The number of para-hydroxylation sites is 2. The Labute approximate surface area is 206 Å². The third-order valence-electron chi connectivity index (χ3n) is 7.80. The van der Waals surface area contributed by atoms with Gasteiger partial charge in [0.25, 0.3) is 0 Å². The molecular formula is C27H27BrN4O2. The zero-order valence-corrected chi connectivity index (χ0v) is 20.7. The van der Waals surface area contributed by atoms with E-state index in [-0.39, 0.29) is 11.7 Å². The van der Waals surface area contributed by atoms with E-state index in [4.69, 9.17) is 5.73 Å². The van der Waals surface area contributed by atoms with Gasteiger partial charge in [-0.05, 0) is 66.3 Å². The molecule has 7 heteroatoms. The van der Waals surface area contributed by atoms with E-state index in [0.29, 0.717) is 6.04 Å². The Morgan fingerprint density at radius 3 is 2.50 bits per heavy atom. The molecule has 1 saturated heterocycles. The quantitative estimate of drug-likeness (QED) is 0.425. The molecule has 1 fully saturated rings. The van der Waals surface area contributed by atoms with Crippen LogP contribution in [0.5, 0.6) is 0 Å². The predicted molar refractivity (Wildman–Crippen MR) is 138 cm³/mol. The van der Waals surface area contributed by atoms with Crippen LogP contribution in [0.2, 0.25) is 0 Å². The van der Waals surface area contributed by atoms with Crippen molar-refractivity contribution in [3.63, 3.8) is 0 Å². The van der Waals surface area contributed by atoms with Crippen molar-refractivity contribution in [1.82, 2.24) is 14.0 Å². The highest BCUT2D eigenvalue weighted by molar-refractivity contribution is 9.10. The Hall–Kier alpha value is -2.90. The van der Waals surface area contributed by atoms with Crippen LogP contribution in [0, 0.1) is 0 Å². The van der Waals surface area contributed by atoms with Gasteiger partial charge in [0.15, 0.2) is 0 Å². The average molecular weight is 519 g/mol. The molecule has 1 aromatic heterocycles. The summed E-state index contributed by atoms with van der Waals surface area (Å²) in [6.07, 6.45) is 2.79. The lowest BCUT2D eigenvalue weighted by Crippen LogP contribution is -2.40. The summed E-state index contributed by atoms with van der Waals surface area (Å²) in [6.45, 7) is 3.54. The van der Waals surface area contributed by atoms with Gasteiger partial charge in [-0.3, -0.25) is 18.8 Å². The van der Waals surface area contributed by atoms with Crippen molar-refractivity contribution < 1.29 is 4.79 Å². The van der Waals surface area contributed by atoms with Crippen LogP contribution < -0.4 is 11.4 Å². The topological polar surface area (TPSA) is 73.3 Å². The third-order valence-corrected chi connectivity index (χ3v) is 8.54. The number of rotatable bonds is 4. The normalized spacial score (nSPS) is 19.8. The number of carbonyl (C=O) groups excluding carboxylic acids is 1. The summed E-state index contributed by atoms with van der Waals surface area (Å²) in [6, 6.07) is 18.5. The molecular weight excluding hydrogens is 492 g/mol. The molecule has 4 aromatic rings. The maximum Gasteiger partial charge on any atom is 0.330 e. The summed E-state index contributed by atoms with van der Waals surface area (Å²) >= 11 is 3.77. The molecule has 0 spiro atoms. The first-order valence-corrected chi connectivity index (χ1v) is 12.7. The number of likely N-dealkylation sites (tertiary alicyclic amines) is 1. The Bertz CT molecular complexity index is 1500. The number of amides is 1. The zero-order chi connectivity index (χ0) is 23.6. The zero-order valence-electron chi connectivity index (χ0n) is 19.1. The Morgan fingerprint density at radius 1 is 1.03 bits per heavy atom. The maximum atomic E-state index is 13.5. The second kappa shape index (κ2) is 8.10. The lowest BCUT2D eigenvalue weighted by Gasteiger charge is -2.37. The number of piperidine rings is 1. The van der Waals surface area contributed by atoms with E-state index >= 15 is 0 Å². The summed E-state index contributed by atoms with van der Waals surface area (Å²) in [5, 5.41) is 2.69. The van der Waals surface area contributed by atoms with Crippen molar-refractivity contribution in [2.45, 2.75) is 44.3 Å². The number of aromatic nitrogens is 2. The molecule has 2 atom stereocenters. The molecule has 0 bridgehead atoms. The molecule has 6 rings (SSSR count). The molecule has 2 unspecified atom stereocenters. The van der Waals surface area contributed by atoms with E-state index < -0.39 is 11.9 Å². The number of carbonyl (C=O) groups is 1. The Morgan fingerprint density at radius 2 is 1.76 bits per heavy atom. The number of nitrogens with two attached hydrogens (primary N) is 1. The molecule has 1 aliphatic heterocycles. The lowest BCUT2D eigenvalue weighted by molar-refractivity contribution is -0.120. The molecule has 174 valence electrons. The number of hydrogen-bond donors (Lipinski definition) is 1. The highest BCUT2D eigenvalue weighted by Gasteiger charge is 2.34. The fourth-order valence-electron chi connectivity index (χ4n) is 6.07. The number of fused-ring (bicyclic) bond motifs is 1. The van der Waals surface area contributed by atoms with Crippen molar-refractivity contribution in [1.29, 1.82) is 0 Å². The molecule has 34 heavy (non-hydrogen) atoms. The van der Waals surface area contributed by atoms with Crippen molar-refractivity contribution in [3.8, 4) is 0 Å². The SMILES string of the molecule is CC(C(N)=O)n1c(=O)n(C2CCN(C3Cc4c(Br)ccc5cccc3c45)CC2)c2ccccc21. The predicted octanol–water partition coefficient (Wildman–Crippen LogP) is 4.70. The molecule has 2 aliphatic rings. The first-order valence-electron chi connectivity index (χ1n) is 11.9. The van der Waals surface area contributed by atoms with E-state index in [0.717, 1.165) is 43.4 Å². The van der Waals surface area contributed by atoms with Crippen LogP contribution in [0.15, 0.2) is 63.9 Å². The minimum Gasteiger partial charge on any atom is -0.368 e. The summed E-state index contributed by atoms with van der Waals surface area (Å²) < 4.78 is 4.63. The average Bonchev–Trinajstić information content (AvgIpc) is 3.38. The van der Waals surface area contributed by atoms with Gasteiger partial charge in [0.2, 0.25) is 5.91 Å². The van der Waals surface area contributed by atoms with Crippen LogP contribution in [0.1, 0.15) is 49.0 Å². The molecule has 1 aliphatic carbocycles. The van der Waals surface area contributed by atoms with E-state index in [9.17, 15) is 9.59 Å². The van der Waals surface area contributed by atoms with E-state index in [1.165, 1.54) is 26.4 Å². The molecule has 0 saturated carbocycles. The van der Waals surface area contributed by atoms with E-state index in [1.807, 2.05) is 28.8 Å². The number of imidazole rings is 1. The number of primary amides is 1. The van der Waals surface area contributed by atoms with Crippen molar-refractivity contribution in [2.75, 3.05) is 13.1 Å². The molecule has 0 radical (unpaired) electrons. The monoisotopic (exact) mass is 518 g/mol. The molecule has 2 N–H and O–H groups in total. The van der Waals surface area contributed by atoms with Gasteiger partial charge in [0, 0.05) is 29.6 Å². The highest BCUT2D eigenvalue weighted by Crippen LogP contribution is 2.44. The summed E-state index contributed by atoms with van der Waals surface area (Å²) in [5.74, 6) is -0.499. The number of nitrogens with zero attached hydrogens (tertiary/aromatic N) is 3. The van der Waals surface area contributed by atoms with Gasteiger partial charge in [0.1, 0.15) is 6.04 Å². The highest BCUT2D eigenvalue weighted by atomic mass is 79.9. The summed E-state index contributed by atoms with van der Waals surface area (Å²) in [7, 11) is 0. The molecule has 3 aromatic carbocycles. The molecule has 2 heterocycles. The number of hydrogen-bond acceptors (Lipinski definition) is 3. The minimum absolute atomic E-state index is 0.0984. The van der Waals surface area contributed by atoms with Gasteiger partial charge in [-0.25, -0.2) is 4.79 Å². The van der Waals surface area contributed by atoms with Crippen LogP contribution >= 0.6 is 15.9 Å². The summed E-state index contributed by atoms with van der Waals surface area (Å²) in [4.78, 5) is 28.0. The first kappa shape index (κ1) is 21.6. The maximum absolute atomic E-state index is 13.5. The van der Waals surface area contributed by atoms with Crippen LogP contribution in [-0.4, -0.2) is 33.0 Å². The van der Waals surface area contributed by atoms with Gasteiger partial charge < -0.3 is 5.73 Å². The van der Waals surface area contributed by atoms with Gasteiger partial charge in [0.05, 0.1) is 11.0 Å². The number of benzene rings is 3. The van der Waals surface area contributed by atoms with E-state index in [1.54, 1.807) is 11.5 Å². The fourth-order valence-corrected chi connectivity index (χ4v) is 6.56. The van der Waals surface area contributed by atoms with Gasteiger partial charge >= 0.3 is 5.69 Å². The number of halogens is 1. The van der Waals surface area contributed by atoms with Gasteiger partial charge in [-0.1, -0.05) is 52.3 Å². The van der Waals surface area contributed by atoms with Gasteiger partial charge in [-0.15, -0.1) is 0 Å². The smallest absolute Gasteiger partial charge is 0.330 e. The lowest BCUT2D eigenvalue weighted by atomic mass is 9.99. The van der Waals surface area contributed by atoms with Crippen LogP contribution in [0.25, 0.3) is 21.8 Å². The minimum atomic E-state index is -0.685. The second-order valence-electron chi connectivity index (χ2n) is 9.55. The van der Waals surface area contributed by atoms with Crippen molar-refractivity contribution in [2.24, 2.45) is 5.73 Å². The van der Waals surface area contributed by atoms with Crippen molar-refractivity contribution >= 4 is 43.6 Å².